The Morgan fingerprint density at radius 1 is 1.53 bits per heavy atom. The zero-order chi connectivity index (χ0) is 13.1. The van der Waals surface area contributed by atoms with Crippen molar-refractivity contribution in [3.63, 3.8) is 0 Å². The minimum Gasteiger partial charge on any atom is -0.305 e. The lowest BCUT2D eigenvalue weighted by Crippen LogP contribution is -2.47. The van der Waals surface area contributed by atoms with Crippen LogP contribution in [0.3, 0.4) is 0 Å². The first-order chi connectivity index (χ1) is 7.94. The monoisotopic (exact) mass is 257 g/mol. The molecule has 0 saturated carbocycles. The Morgan fingerprint density at radius 2 is 2.18 bits per heavy atom. The molecule has 1 aromatic rings. The van der Waals surface area contributed by atoms with Crippen molar-refractivity contribution in [3.8, 4) is 0 Å². The average Bonchev–Trinajstić information content (AvgIpc) is 2.59. The molecule has 0 bridgehead atoms. The number of carbonyl (C=O) groups is 1. The van der Waals surface area contributed by atoms with Crippen molar-refractivity contribution in [1.82, 2.24) is 15.1 Å². The lowest BCUT2D eigenvalue weighted by molar-refractivity contribution is 0.0872. The van der Waals surface area contributed by atoms with Crippen molar-refractivity contribution in [2.24, 2.45) is 0 Å². The number of carbonyl (C=O) groups excluding carboxylic acids is 1. The van der Waals surface area contributed by atoms with E-state index >= 15 is 0 Å². The standard InChI is InChI=1S/C12H20ClN3O/c1-5-7-16-10(9(13)8-15-16)11(17)12(3,4)14-6-2/h8,14H,5-7H2,1-4H3. The smallest absolute Gasteiger partial charge is 0.201 e. The van der Waals surface area contributed by atoms with Crippen molar-refractivity contribution in [3.05, 3.63) is 16.9 Å². The fraction of sp³-hybridized carbons (Fsp3) is 0.667. The van der Waals surface area contributed by atoms with Gasteiger partial charge in [-0.25, -0.2) is 0 Å². The van der Waals surface area contributed by atoms with Gasteiger partial charge in [-0.3, -0.25) is 9.48 Å². The zero-order valence-corrected chi connectivity index (χ0v) is 11.6. The number of rotatable bonds is 6. The van der Waals surface area contributed by atoms with Crippen molar-refractivity contribution >= 4 is 17.4 Å². The average molecular weight is 258 g/mol. The van der Waals surface area contributed by atoms with Crippen LogP contribution in [0.15, 0.2) is 6.20 Å². The molecule has 1 rings (SSSR count). The van der Waals surface area contributed by atoms with Crippen LogP contribution in [0.2, 0.25) is 5.02 Å². The number of likely N-dealkylation sites (N-methyl/N-ethyl adjacent to an activating group) is 1. The second kappa shape index (κ2) is 5.65. The molecule has 0 amide bonds. The number of halogens is 1. The number of ketones is 1. The van der Waals surface area contributed by atoms with Crippen LogP contribution >= 0.6 is 11.6 Å². The fourth-order valence-electron chi connectivity index (χ4n) is 1.79. The Morgan fingerprint density at radius 3 is 2.71 bits per heavy atom. The summed E-state index contributed by atoms with van der Waals surface area (Å²) in [7, 11) is 0. The second-order valence-corrected chi connectivity index (χ2v) is 4.96. The SMILES string of the molecule is CCCn1ncc(Cl)c1C(=O)C(C)(C)NCC. The fourth-order valence-corrected chi connectivity index (χ4v) is 2.01. The van der Waals surface area contributed by atoms with E-state index in [-0.39, 0.29) is 5.78 Å². The number of aryl methyl sites for hydroxylation is 1. The number of hydrogen-bond acceptors (Lipinski definition) is 3. The van der Waals surface area contributed by atoms with Crippen LogP contribution in [0.4, 0.5) is 0 Å². The van der Waals surface area contributed by atoms with Crippen LogP contribution in [-0.2, 0) is 6.54 Å². The van der Waals surface area contributed by atoms with Gasteiger partial charge in [0.2, 0.25) is 5.78 Å². The summed E-state index contributed by atoms with van der Waals surface area (Å²) in [6, 6.07) is 0. The summed E-state index contributed by atoms with van der Waals surface area (Å²) in [6.07, 6.45) is 2.45. The molecular weight excluding hydrogens is 238 g/mol. The van der Waals surface area contributed by atoms with E-state index in [1.54, 1.807) is 4.68 Å². The molecular formula is C12H20ClN3O. The number of nitrogens with zero attached hydrogens (tertiary/aromatic N) is 2. The van der Waals surface area contributed by atoms with Crippen LogP contribution in [0, 0.1) is 0 Å². The number of hydrogen-bond donors (Lipinski definition) is 1. The summed E-state index contributed by atoms with van der Waals surface area (Å²) in [4.78, 5) is 12.4. The summed E-state index contributed by atoms with van der Waals surface area (Å²) in [5.41, 5.74) is -0.122. The van der Waals surface area contributed by atoms with E-state index in [0.717, 1.165) is 13.0 Å². The molecule has 0 saturated heterocycles. The van der Waals surface area contributed by atoms with Crippen LogP contribution in [0.25, 0.3) is 0 Å². The summed E-state index contributed by atoms with van der Waals surface area (Å²) >= 11 is 6.05. The van der Waals surface area contributed by atoms with Crippen LogP contribution in [-0.4, -0.2) is 27.6 Å². The maximum absolute atomic E-state index is 12.4. The van der Waals surface area contributed by atoms with Gasteiger partial charge in [0.1, 0.15) is 5.69 Å². The first-order valence-corrected chi connectivity index (χ1v) is 6.33. The molecule has 0 aliphatic heterocycles. The van der Waals surface area contributed by atoms with Gasteiger partial charge in [-0.05, 0) is 26.8 Å². The number of aromatic nitrogens is 2. The van der Waals surface area contributed by atoms with E-state index in [0.29, 0.717) is 17.3 Å². The Bertz CT molecular complexity index is 398. The highest BCUT2D eigenvalue weighted by atomic mass is 35.5. The minimum atomic E-state index is -0.621. The van der Waals surface area contributed by atoms with E-state index in [1.807, 2.05) is 27.7 Å². The molecule has 0 radical (unpaired) electrons. The molecule has 0 aliphatic carbocycles. The predicted octanol–water partition coefficient (Wildman–Crippen LogP) is 2.52. The van der Waals surface area contributed by atoms with Crippen molar-refractivity contribution in [2.75, 3.05) is 6.54 Å². The zero-order valence-electron chi connectivity index (χ0n) is 10.9. The summed E-state index contributed by atoms with van der Waals surface area (Å²) in [5.74, 6) is -0.0182. The highest BCUT2D eigenvalue weighted by Crippen LogP contribution is 2.21. The molecule has 1 N–H and O–H groups in total. The van der Waals surface area contributed by atoms with E-state index in [9.17, 15) is 4.79 Å². The van der Waals surface area contributed by atoms with Crippen molar-refractivity contribution in [1.29, 1.82) is 0 Å². The third kappa shape index (κ3) is 3.07. The Hall–Kier alpha value is -0.870. The molecule has 4 nitrogen and oxygen atoms in total. The predicted molar refractivity (Wildman–Crippen MR) is 69.6 cm³/mol. The molecule has 0 unspecified atom stereocenters. The third-order valence-corrected chi connectivity index (χ3v) is 2.91. The summed E-state index contributed by atoms with van der Waals surface area (Å²) in [6.45, 7) is 9.17. The number of nitrogens with one attached hydrogen (secondary N) is 1. The van der Waals surface area contributed by atoms with Crippen LogP contribution in [0.1, 0.15) is 44.6 Å². The molecule has 5 heteroatoms. The van der Waals surface area contributed by atoms with Gasteiger partial charge in [0.15, 0.2) is 0 Å². The number of Topliss-reactive ketones (excluding diaryl/α,β-unsaturated/α-hetero) is 1. The van der Waals surface area contributed by atoms with E-state index in [4.69, 9.17) is 11.6 Å². The maximum atomic E-state index is 12.4. The van der Waals surface area contributed by atoms with Gasteiger partial charge in [-0.2, -0.15) is 5.10 Å². The second-order valence-electron chi connectivity index (χ2n) is 4.55. The molecule has 1 heterocycles. The molecule has 0 atom stereocenters. The molecule has 1 aromatic heterocycles. The van der Waals surface area contributed by atoms with Gasteiger partial charge >= 0.3 is 0 Å². The molecule has 0 aliphatic rings. The van der Waals surface area contributed by atoms with Gasteiger partial charge in [0.05, 0.1) is 16.8 Å². The Kier molecular flexibility index (Phi) is 4.71. The quantitative estimate of drug-likeness (QED) is 0.797. The highest BCUT2D eigenvalue weighted by Gasteiger charge is 2.31. The normalized spacial score (nSPS) is 11.8. The lowest BCUT2D eigenvalue weighted by atomic mass is 9.96. The molecule has 0 aromatic carbocycles. The first kappa shape index (κ1) is 14.2. The maximum Gasteiger partial charge on any atom is 0.201 e. The minimum absolute atomic E-state index is 0.0182. The molecule has 96 valence electrons. The van der Waals surface area contributed by atoms with E-state index < -0.39 is 5.54 Å². The van der Waals surface area contributed by atoms with Gasteiger partial charge in [0.25, 0.3) is 0 Å². The topological polar surface area (TPSA) is 46.9 Å². The Labute approximate surface area is 107 Å². The molecule has 0 fully saturated rings. The molecule has 17 heavy (non-hydrogen) atoms. The van der Waals surface area contributed by atoms with Gasteiger partial charge in [-0.15, -0.1) is 0 Å². The largest absolute Gasteiger partial charge is 0.305 e. The lowest BCUT2D eigenvalue weighted by Gasteiger charge is -2.24. The van der Waals surface area contributed by atoms with Crippen LogP contribution < -0.4 is 5.32 Å². The van der Waals surface area contributed by atoms with E-state index in [1.165, 1.54) is 6.20 Å². The van der Waals surface area contributed by atoms with Gasteiger partial charge < -0.3 is 5.32 Å². The van der Waals surface area contributed by atoms with Gasteiger partial charge in [0, 0.05) is 6.54 Å². The first-order valence-electron chi connectivity index (χ1n) is 5.95. The summed E-state index contributed by atoms with van der Waals surface area (Å²) < 4.78 is 1.68. The molecule has 0 spiro atoms. The van der Waals surface area contributed by atoms with Crippen LogP contribution in [0.5, 0.6) is 0 Å². The van der Waals surface area contributed by atoms with Crippen molar-refractivity contribution in [2.45, 2.75) is 46.2 Å². The summed E-state index contributed by atoms with van der Waals surface area (Å²) in [5, 5.41) is 7.72. The van der Waals surface area contributed by atoms with E-state index in [2.05, 4.69) is 10.4 Å². The Balaban J connectivity index is 3.06. The highest BCUT2D eigenvalue weighted by molar-refractivity contribution is 6.34. The van der Waals surface area contributed by atoms with Gasteiger partial charge in [-0.1, -0.05) is 25.4 Å². The third-order valence-electron chi connectivity index (χ3n) is 2.63. The van der Waals surface area contributed by atoms with Crippen molar-refractivity contribution < 1.29 is 4.79 Å².